The molecule has 0 bridgehead atoms. The molecule has 1 aromatic heterocycles. The summed E-state index contributed by atoms with van der Waals surface area (Å²) in [6.45, 7) is 0. The van der Waals surface area contributed by atoms with Crippen molar-refractivity contribution in [2.24, 2.45) is 0 Å². The molecule has 2 nitrogen and oxygen atoms in total. The molecule has 0 aliphatic rings. The Morgan fingerprint density at radius 2 is 1.81 bits per heavy atom. The number of halogens is 1. The normalized spacial score (nSPS) is 11.1. The van der Waals surface area contributed by atoms with Crippen LogP contribution in [-0.2, 0) is 0 Å². The van der Waals surface area contributed by atoms with E-state index in [1.165, 1.54) is 0 Å². The molecular formula is C13H7BrO2. The molecule has 0 aliphatic carbocycles. The molecule has 16 heavy (non-hydrogen) atoms. The van der Waals surface area contributed by atoms with Gasteiger partial charge in [0.25, 0.3) is 0 Å². The molecule has 78 valence electrons. The van der Waals surface area contributed by atoms with Crippen molar-refractivity contribution >= 4 is 37.7 Å². The molecule has 3 heteroatoms. The minimum Gasteiger partial charge on any atom is -0.422 e. The maximum Gasteiger partial charge on any atom is 0.350 e. The van der Waals surface area contributed by atoms with Gasteiger partial charge in [0.1, 0.15) is 10.1 Å². The zero-order valence-corrected chi connectivity index (χ0v) is 9.82. The molecule has 0 atom stereocenters. The van der Waals surface area contributed by atoms with Crippen molar-refractivity contribution < 1.29 is 4.42 Å². The molecule has 0 spiro atoms. The SMILES string of the molecule is O=c1oc2ccc3ccccc3c2cc1Br. The molecule has 0 radical (unpaired) electrons. The summed E-state index contributed by atoms with van der Waals surface area (Å²) in [6, 6.07) is 13.6. The minimum absolute atomic E-state index is 0.345. The van der Waals surface area contributed by atoms with Gasteiger partial charge in [-0.25, -0.2) is 4.79 Å². The second-order valence-corrected chi connectivity index (χ2v) is 4.43. The topological polar surface area (TPSA) is 30.2 Å². The van der Waals surface area contributed by atoms with Gasteiger partial charge in [-0.05, 0) is 38.8 Å². The van der Waals surface area contributed by atoms with Gasteiger partial charge in [0.2, 0.25) is 0 Å². The second-order valence-electron chi connectivity index (χ2n) is 3.58. The first kappa shape index (κ1) is 9.60. The van der Waals surface area contributed by atoms with Gasteiger partial charge < -0.3 is 4.42 Å². The summed E-state index contributed by atoms with van der Waals surface area (Å²) in [5, 5.41) is 3.17. The second kappa shape index (κ2) is 3.46. The highest BCUT2D eigenvalue weighted by atomic mass is 79.9. The highest BCUT2D eigenvalue weighted by Gasteiger charge is 2.05. The van der Waals surface area contributed by atoms with Crippen molar-refractivity contribution in [2.45, 2.75) is 0 Å². The largest absolute Gasteiger partial charge is 0.422 e. The fraction of sp³-hybridized carbons (Fsp3) is 0. The van der Waals surface area contributed by atoms with Crippen molar-refractivity contribution in [3.8, 4) is 0 Å². The Hall–Kier alpha value is -1.61. The molecule has 0 N–H and O–H groups in total. The Balaban J connectivity index is 2.60. The van der Waals surface area contributed by atoms with Crippen molar-refractivity contribution in [1.29, 1.82) is 0 Å². The summed E-state index contributed by atoms with van der Waals surface area (Å²) in [5.41, 5.74) is 0.273. The average molecular weight is 275 g/mol. The highest BCUT2D eigenvalue weighted by Crippen LogP contribution is 2.25. The molecule has 1 heterocycles. The van der Waals surface area contributed by atoms with Gasteiger partial charge in [0.05, 0.1) is 0 Å². The van der Waals surface area contributed by atoms with Crippen LogP contribution in [0.2, 0.25) is 0 Å². The lowest BCUT2D eigenvalue weighted by Gasteiger charge is -2.02. The molecule has 3 aromatic rings. The van der Waals surface area contributed by atoms with Crippen LogP contribution in [0, 0.1) is 0 Å². The van der Waals surface area contributed by atoms with E-state index in [-0.39, 0.29) is 5.63 Å². The van der Waals surface area contributed by atoms with Crippen LogP contribution in [0.5, 0.6) is 0 Å². The first-order chi connectivity index (χ1) is 7.75. The van der Waals surface area contributed by atoms with Gasteiger partial charge in [0, 0.05) is 5.39 Å². The van der Waals surface area contributed by atoms with Gasteiger partial charge >= 0.3 is 5.63 Å². The molecule has 0 saturated carbocycles. The van der Waals surface area contributed by atoms with E-state index in [4.69, 9.17) is 4.42 Å². The zero-order valence-electron chi connectivity index (χ0n) is 8.24. The molecule has 0 fully saturated rings. The van der Waals surface area contributed by atoms with E-state index < -0.39 is 0 Å². The Bertz CT molecular complexity index is 744. The third-order valence-corrected chi connectivity index (χ3v) is 3.15. The minimum atomic E-state index is -0.345. The van der Waals surface area contributed by atoms with Gasteiger partial charge in [-0.3, -0.25) is 0 Å². The number of rotatable bonds is 0. The van der Waals surface area contributed by atoms with Gasteiger partial charge in [0.15, 0.2) is 0 Å². The van der Waals surface area contributed by atoms with E-state index in [1.54, 1.807) is 0 Å². The quantitative estimate of drug-likeness (QED) is 0.462. The molecule has 2 aromatic carbocycles. The predicted octanol–water partition coefficient (Wildman–Crippen LogP) is 3.71. The molecule has 3 rings (SSSR count). The van der Waals surface area contributed by atoms with E-state index in [2.05, 4.69) is 15.9 Å². The third-order valence-electron chi connectivity index (χ3n) is 2.60. The van der Waals surface area contributed by atoms with Crippen molar-refractivity contribution in [3.05, 3.63) is 57.4 Å². The Kier molecular flexibility index (Phi) is 2.07. The molecule has 0 saturated heterocycles. The predicted molar refractivity (Wildman–Crippen MR) is 67.7 cm³/mol. The molecule has 0 amide bonds. The van der Waals surface area contributed by atoms with Gasteiger partial charge in [-0.1, -0.05) is 30.3 Å². The highest BCUT2D eigenvalue weighted by molar-refractivity contribution is 9.10. The lowest BCUT2D eigenvalue weighted by molar-refractivity contribution is 0.557. The van der Waals surface area contributed by atoms with Crippen LogP contribution in [0.1, 0.15) is 0 Å². The van der Waals surface area contributed by atoms with E-state index in [9.17, 15) is 4.79 Å². The van der Waals surface area contributed by atoms with Crippen molar-refractivity contribution in [1.82, 2.24) is 0 Å². The van der Waals surface area contributed by atoms with E-state index in [0.29, 0.717) is 10.1 Å². The summed E-state index contributed by atoms with van der Waals surface area (Å²) in [5.74, 6) is 0. The first-order valence-corrected chi connectivity index (χ1v) is 5.66. The average Bonchev–Trinajstić information content (AvgIpc) is 2.31. The number of hydrogen-bond acceptors (Lipinski definition) is 2. The Morgan fingerprint density at radius 1 is 1.00 bits per heavy atom. The van der Waals surface area contributed by atoms with Crippen LogP contribution in [0.25, 0.3) is 21.7 Å². The fourth-order valence-corrected chi connectivity index (χ4v) is 2.16. The van der Waals surface area contributed by atoms with Crippen LogP contribution < -0.4 is 5.63 Å². The monoisotopic (exact) mass is 274 g/mol. The lowest BCUT2D eigenvalue weighted by atomic mass is 10.1. The van der Waals surface area contributed by atoms with Gasteiger partial charge in [-0.2, -0.15) is 0 Å². The summed E-state index contributed by atoms with van der Waals surface area (Å²) < 4.78 is 5.65. The van der Waals surface area contributed by atoms with E-state index in [0.717, 1.165) is 16.2 Å². The maximum atomic E-state index is 11.4. The molecule has 0 unspecified atom stereocenters. The van der Waals surface area contributed by atoms with Crippen LogP contribution in [0.3, 0.4) is 0 Å². The summed E-state index contributed by atoms with van der Waals surface area (Å²) >= 11 is 3.20. The fourth-order valence-electron chi connectivity index (χ4n) is 1.85. The zero-order chi connectivity index (χ0) is 11.1. The van der Waals surface area contributed by atoms with Crippen molar-refractivity contribution in [2.75, 3.05) is 0 Å². The van der Waals surface area contributed by atoms with Crippen LogP contribution >= 0.6 is 15.9 Å². The summed E-state index contributed by atoms with van der Waals surface area (Å²) in [6.07, 6.45) is 0. The lowest BCUT2D eigenvalue weighted by Crippen LogP contribution is -1.98. The molecule has 0 aliphatic heterocycles. The standard InChI is InChI=1S/C13H7BrO2/c14-11-7-10-9-4-2-1-3-8(9)5-6-12(10)16-13(11)15/h1-7H. The van der Waals surface area contributed by atoms with Crippen LogP contribution in [-0.4, -0.2) is 0 Å². The van der Waals surface area contributed by atoms with Gasteiger partial charge in [-0.15, -0.1) is 0 Å². The third kappa shape index (κ3) is 1.36. The first-order valence-electron chi connectivity index (χ1n) is 4.87. The summed E-state index contributed by atoms with van der Waals surface area (Å²) in [4.78, 5) is 11.4. The van der Waals surface area contributed by atoms with E-state index in [1.807, 2.05) is 42.5 Å². The Morgan fingerprint density at radius 3 is 2.69 bits per heavy atom. The Labute approximate surface area is 99.6 Å². The smallest absolute Gasteiger partial charge is 0.350 e. The number of hydrogen-bond donors (Lipinski definition) is 0. The maximum absolute atomic E-state index is 11.4. The van der Waals surface area contributed by atoms with Crippen LogP contribution in [0.15, 0.2) is 56.1 Å². The number of benzene rings is 2. The number of fused-ring (bicyclic) bond motifs is 3. The molecular weight excluding hydrogens is 268 g/mol. The van der Waals surface area contributed by atoms with Crippen molar-refractivity contribution in [3.63, 3.8) is 0 Å². The van der Waals surface area contributed by atoms with Crippen LogP contribution in [0.4, 0.5) is 0 Å². The summed E-state index contributed by atoms with van der Waals surface area (Å²) in [7, 11) is 0. The van der Waals surface area contributed by atoms with E-state index >= 15 is 0 Å².